The molecule has 0 aromatic rings. The van der Waals surface area contributed by atoms with E-state index in [2.05, 4.69) is 9.47 Å². The van der Waals surface area contributed by atoms with Crippen LogP contribution in [0.15, 0.2) is 0 Å². The molecule has 0 aliphatic rings. The minimum absolute atomic E-state index is 0. The second kappa shape index (κ2) is 23.8. The maximum absolute atomic E-state index is 11.6. The average Bonchev–Trinajstić information content (AvgIpc) is 2.61. The van der Waals surface area contributed by atoms with Crippen molar-refractivity contribution in [2.24, 2.45) is 17.2 Å². The van der Waals surface area contributed by atoms with E-state index < -0.39 is 66.8 Å². The van der Waals surface area contributed by atoms with E-state index in [1.54, 1.807) is 0 Å². The van der Waals surface area contributed by atoms with Gasteiger partial charge in [-0.3, -0.25) is 24.0 Å². The molecule has 0 heterocycles. The summed E-state index contributed by atoms with van der Waals surface area (Å²) in [5.74, 6) is -6.76. The standard InChI is InChI=1S/C15H23N3O10.4Na.4H/c16-7(13(22)23)1-4-10(19)27-11(20)6-3-9(18)15(26)28-12(21)5-2-8(17)14(24)25;;;;;;;;/h7-9H,1-6,16-18H2,(H,22,23)(H,24,25);;;;;;;;/t7-,8-,9-;;;;;;;;/m0......../s1. The summed E-state index contributed by atoms with van der Waals surface area (Å²) < 4.78 is 8.81. The number of esters is 4. The van der Waals surface area contributed by atoms with E-state index in [9.17, 15) is 28.8 Å². The quantitative estimate of drug-likeness (QED) is 0.0957. The molecule has 0 spiro atoms. The van der Waals surface area contributed by atoms with Gasteiger partial charge < -0.3 is 36.9 Å². The Labute approximate surface area is 272 Å². The fourth-order valence-corrected chi connectivity index (χ4v) is 1.65. The third-order valence-electron chi connectivity index (χ3n) is 3.36. The molecule has 0 saturated carbocycles. The molecule has 0 radical (unpaired) electrons. The molecule has 17 heteroatoms. The Hall–Kier alpha value is 1.10. The van der Waals surface area contributed by atoms with Gasteiger partial charge in [0.15, 0.2) is 0 Å². The molecule has 0 amide bonds. The number of ether oxygens (including phenoxy) is 2. The van der Waals surface area contributed by atoms with E-state index in [0.29, 0.717) is 0 Å². The van der Waals surface area contributed by atoms with E-state index in [4.69, 9.17) is 27.4 Å². The summed E-state index contributed by atoms with van der Waals surface area (Å²) in [5.41, 5.74) is 15.9. The van der Waals surface area contributed by atoms with Gasteiger partial charge in [-0.15, -0.1) is 0 Å². The first kappa shape index (κ1) is 43.2. The number of nitrogens with two attached hydrogens (primary N) is 3. The molecule has 0 aliphatic heterocycles. The van der Waals surface area contributed by atoms with Crippen molar-refractivity contribution in [1.29, 1.82) is 0 Å². The number of hydrogen-bond donors (Lipinski definition) is 5. The Morgan fingerprint density at radius 1 is 0.562 bits per heavy atom. The van der Waals surface area contributed by atoms with Gasteiger partial charge in [0, 0.05) is 19.3 Å². The SMILES string of the molecule is N[C@@H](CCC(=O)OC(=O)CC[C@H](N)C(=O)OC(=O)CC[C@H](N)C(=O)O)C(=O)O.[NaH].[NaH].[NaH].[NaH]. The van der Waals surface area contributed by atoms with Crippen LogP contribution in [0.2, 0.25) is 0 Å². The molecule has 0 bridgehead atoms. The Morgan fingerprint density at radius 2 is 0.844 bits per heavy atom. The molecule has 13 nitrogen and oxygen atoms in total. The zero-order valence-electron chi connectivity index (χ0n) is 14.9. The van der Waals surface area contributed by atoms with Crippen molar-refractivity contribution in [2.75, 3.05) is 0 Å². The second-order valence-corrected chi connectivity index (χ2v) is 5.75. The van der Waals surface area contributed by atoms with Crippen LogP contribution in [0.5, 0.6) is 0 Å². The van der Waals surface area contributed by atoms with Crippen LogP contribution < -0.4 is 17.2 Å². The molecule has 0 saturated heterocycles. The molecular weight excluding hydrogens is 474 g/mol. The van der Waals surface area contributed by atoms with Gasteiger partial charge in [-0.2, -0.15) is 0 Å². The van der Waals surface area contributed by atoms with Crippen LogP contribution in [-0.2, 0) is 38.2 Å². The molecule has 0 unspecified atom stereocenters. The van der Waals surface area contributed by atoms with E-state index >= 15 is 0 Å². The van der Waals surface area contributed by atoms with Crippen LogP contribution in [0.25, 0.3) is 0 Å². The minimum atomic E-state index is -1.36. The number of hydrogen-bond acceptors (Lipinski definition) is 11. The van der Waals surface area contributed by atoms with E-state index in [0.717, 1.165) is 0 Å². The third-order valence-corrected chi connectivity index (χ3v) is 3.36. The molecule has 0 fully saturated rings. The van der Waals surface area contributed by atoms with Crippen molar-refractivity contribution in [3.63, 3.8) is 0 Å². The van der Waals surface area contributed by atoms with Crippen molar-refractivity contribution in [3.05, 3.63) is 0 Å². The van der Waals surface area contributed by atoms with Crippen LogP contribution >= 0.6 is 0 Å². The van der Waals surface area contributed by atoms with Gasteiger partial charge in [0.2, 0.25) is 0 Å². The van der Waals surface area contributed by atoms with Crippen LogP contribution in [0, 0.1) is 0 Å². The maximum atomic E-state index is 11.6. The zero-order chi connectivity index (χ0) is 21.9. The number of carbonyl (C=O) groups excluding carboxylic acids is 4. The molecule has 0 aromatic heterocycles. The number of carbonyl (C=O) groups is 6. The van der Waals surface area contributed by atoms with Gasteiger partial charge in [-0.1, -0.05) is 0 Å². The van der Waals surface area contributed by atoms with Crippen LogP contribution in [0.1, 0.15) is 38.5 Å². The fraction of sp³-hybridized carbons (Fsp3) is 0.600. The zero-order valence-corrected chi connectivity index (χ0v) is 14.9. The number of carboxylic acid groups (broad SMARTS) is 2. The van der Waals surface area contributed by atoms with Gasteiger partial charge in [0.05, 0.1) is 0 Å². The summed E-state index contributed by atoms with van der Waals surface area (Å²) in [6, 6.07) is -3.91. The van der Waals surface area contributed by atoms with Gasteiger partial charge in [0.1, 0.15) is 18.1 Å². The summed E-state index contributed by atoms with van der Waals surface area (Å²) >= 11 is 0. The predicted octanol–water partition coefficient (Wildman–Crippen LogP) is -4.98. The van der Waals surface area contributed by atoms with Crippen molar-refractivity contribution in [2.45, 2.75) is 56.7 Å². The Morgan fingerprint density at radius 3 is 1.16 bits per heavy atom. The van der Waals surface area contributed by atoms with Crippen molar-refractivity contribution in [1.82, 2.24) is 0 Å². The number of carboxylic acids is 2. The Bertz CT molecular complexity index is 639. The molecule has 166 valence electrons. The van der Waals surface area contributed by atoms with E-state index in [1.807, 2.05) is 0 Å². The Kier molecular flexibility index (Phi) is 32.2. The van der Waals surface area contributed by atoms with Gasteiger partial charge in [-0.25, -0.2) is 4.79 Å². The predicted molar refractivity (Wildman–Crippen MR) is 118 cm³/mol. The average molecular weight is 501 g/mol. The van der Waals surface area contributed by atoms with E-state index in [1.165, 1.54) is 0 Å². The van der Waals surface area contributed by atoms with E-state index in [-0.39, 0.29) is 144 Å². The van der Waals surface area contributed by atoms with Crippen LogP contribution in [-0.4, -0.2) is 182 Å². The fourth-order valence-electron chi connectivity index (χ4n) is 1.65. The Balaban J connectivity index is -0.000000607. The first-order valence-electron chi connectivity index (χ1n) is 8.14. The van der Waals surface area contributed by atoms with Crippen molar-refractivity contribution >= 4 is 154 Å². The molecule has 0 rings (SSSR count). The van der Waals surface area contributed by atoms with Crippen LogP contribution in [0.3, 0.4) is 0 Å². The third kappa shape index (κ3) is 21.6. The summed E-state index contributed by atoms with van der Waals surface area (Å²) in [7, 11) is 0. The molecule has 0 aromatic carbocycles. The molecule has 8 N–H and O–H groups in total. The molecular formula is C15H27N3Na4O10. The summed E-state index contributed by atoms with van der Waals surface area (Å²) in [5, 5.41) is 17.1. The molecule has 32 heavy (non-hydrogen) atoms. The number of rotatable bonds is 12. The summed E-state index contributed by atoms with van der Waals surface area (Å²) in [4.78, 5) is 66.9. The van der Waals surface area contributed by atoms with Gasteiger partial charge in [-0.05, 0) is 19.3 Å². The monoisotopic (exact) mass is 501 g/mol. The second-order valence-electron chi connectivity index (χ2n) is 5.75. The molecule has 0 aliphatic carbocycles. The normalized spacial score (nSPS) is 12.0. The summed E-state index contributed by atoms with van der Waals surface area (Å²) in [6.07, 6.45) is -1.99. The van der Waals surface area contributed by atoms with Gasteiger partial charge in [0.25, 0.3) is 0 Å². The number of aliphatic carboxylic acids is 2. The van der Waals surface area contributed by atoms with Crippen LogP contribution in [0.4, 0.5) is 0 Å². The van der Waals surface area contributed by atoms with Crippen molar-refractivity contribution in [3.8, 4) is 0 Å². The topological polar surface area (TPSA) is 239 Å². The first-order valence-corrected chi connectivity index (χ1v) is 8.14. The first-order chi connectivity index (χ1) is 12.9. The molecule has 3 atom stereocenters. The van der Waals surface area contributed by atoms with Crippen molar-refractivity contribution < 1.29 is 48.5 Å². The van der Waals surface area contributed by atoms with Gasteiger partial charge >= 0.3 is 154 Å². The summed E-state index contributed by atoms with van der Waals surface area (Å²) in [6.45, 7) is 0.